The number of aliphatic hydroxyl groups excluding tert-OH is 2. The van der Waals surface area contributed by atoms with E-state index in [1.807, 2.05) is 0 Å². The van der Waals surface area contributed by atoms with E-state index in [0.29, 0.717) is 19.4 Å². The molecule has 0 radical (unpaired) electrons. The lowest BCUT2D eigenvalue weighted by Crippen LogP contribution is -2.47. The van der Waals surface area contributed by atoms with Crippen molar-refractivity contribution in [2.24, 2.45) is 10.9 Å². The summed E-state index contributed by atoms with van der Waals surface area (Å²) in [6.45, 7) is 0.556. The van der Waals surface area contributed by atoms with Crippen molar-refractivity contribution in [1.29, 1.82) is 0 Å². The molecule has 0 spiro atoms. The highest BCUT2D eigenvalue weighted by Crippen LogP contribution is 2.26. The molecule has 0 aromatic rings. The predicted molar refractivity (Wildman–Crippen MR) is 57.2 cm³/mol. The first-order chi connectivity index (χ1) is 7.68. The van der Waals surface area contributed by atoms with Crippen LogP contribution < -0.4 is 5.43 Å². The first-order valence-electron chi connectivity index (χ1n) is 5.30. The number of hydrogen-bond donors (Lipinski definition) is 3. The van der Waals surface area contributed by atoms with Crippen molar-refractivity contribution in [3.8, 4) is 0 Å². The van der Waals surface area contributed by atoms with Gasteiger partial charge in [-0.05, 0) is 18.9 Å². The molecule has 1 saturated carbocycles. The summed E-state index contributed by atoms with van der Waals surface area (Å²) in [6, 6.07) is 0. The van der Waals surface area contributed by atoms with Crippen molar-refractivity contribution < 1.29 is 15.0 Å². The molecule has 6 nitrogen and oxygen atoms in total. The molecule has 0 bridgehead atoms. The zero-order valence-electron chi connectivity index (χ0n) is 8.78. The molecule has 1 amide bonds. The molecule has 2 rings (SSSR count). The zero-order chi connectivity index (χ0) is 11.5. The molecule has 3 unspecified atom stereocenters. The summed E-state index contributed by atoms with van der Waals surface area (Å²) in [4.78, 5) is 15.6. The van der Waals surface area contributed by atoms with E-state index in [9.17, 15) is 15.0 Å². The fourth-order valence-electron chi connectivity index (χ4n) is 1.93. The summed E-state index contributed by atoms with van der Waals surface area (Å²) < 4.78 is 0. The van der Waals surface area contributed by atoms with E-state index < -0.39 is 18.1 Å². The van der Waals surface area contributed by atoms with E-state index in [1.54, 1.807) is 17.3 Å². The van der Waals surface area contributed by atoms with Crippen LogP contribution in [0, 0.1) is 5.92 Å². The Morgan fingerprint density at radius 1 is 1.44 bits per heavy atom. The monoisotopic (exact) mass is 225 g/mol. The van der Waals surface area contributed by atoms with E-state index in [0.717, 1.165) is 0 Å². The Morgan fingerprint density at radius 3 is 2.81 bits per heavy atom. The molecule has 2 aliphatic rings. The maximum atomic E-state index is 11.8. The third-order valence-corrected chi connectivity index (χ3v) is 2.87. The van der Waals surface area contributed by atoms with Crippen LogP contribution in [0.15, 0.2) is 17.3 Å². The number of nitrogens with zero attached hydrogens (tertiary/aromatic N) is 2. The van der Waals surface area contributed by atoms with Crippen LogP contribution >= 0.6 is 0 Å². The van der Waals surface area contributed by atoms with Gasteiger partial charge in [-0.25, -0.2) is 4.99 Å². The van der Waals surface area contributed by atoms with Gasteiger partial charge in [0.15, 0.2) is 0 Å². The Morgan fingerprint density at radius 2 is 2.25 bits per heavy atom. The summed E-state index contributed by atoms with van der Waals surface area (Å²) in [5, 5.41) is 20.5. The van der Waals surface area contributed by atoms with Gasteiger partial charge in [-0.2, -0.15) is 0 Å². The summed E-state index contributed by atoms with van der Waals surface area (Å²) in [7, 11) is 0. The van der Waals surface area contributed by atoms with Crippen LogP contribution in [-0.4, -0.2) is 46.2 Å². The van der Waals surface area contributed by atoms with E-state index >= 15 is 0 Å². The highest BCUT2D eigenvalue weighted by atomic mass is 16.3. The lowest BCUT2D eigenvalue weighted by Gasteiger charge is -2.23. The van der Waals surface area contributed by atoms with E-state index in [4.69, 9.17) is 0 Å². The predicted octanol–water partition coefficient (Wildman–Crippen LogP) is -0.993. The Kier molecular flexibility index (Phi) is 3.21. The maximum Gasteiger partial charge on any atom is 0.244 e. The minimum Gasteiger partial charge on any atom is -0.390 e. The Balaban J connectivity index is 1.88. The van der Waals surface area contributed by atoms with Gasteiger partial charge in [0.2, 0.25) is 5.91 Å². The number of carbonyl (C=O) groups is 1. The number of carbonyl (C=O) groups excluding carboxylic acids is 1. The molecule has 1 aliphatic carbocycles. The summed E-state index contributed by atoms with van der Waals surface area (Å²) in [6.07, 6.45) is 4.19. The quantitative estimate of drug-likeness (QED) is 0.563. The van der Waals surface area contributed by atoms with E-state index in [1.165, 1.54) is 6.34 Å². The zero-order valence-corrected chi connectivity index (χ0v) is 8.78. The van der Waals surface area contributed by atoms with Gasteiger partial charge in [0.05, 0.1) is 24.7 Å². The average molecular weight is 225 g/mol. The first-order valence-corrected chi connectivity index (χ1v) is 5.30. The number of hydrogen-bond acceptors (Lipinski definition) is 5. The van der Waals surface area contributed by atoms with Gasteiger partial charge in [0.1, 0.15) is 6.34 Å². The molecule has 3 atom stereocenters. The van der Waals surface area contributed by atoms with Crippen LogP contribution in [0.1, 0.15) is 12.8 Å². The van der Waals surface area contributed by atoms with Crippen LogP contribution in [0.25, 0.3) is 0 Å². The molecule has 0 saturated heterocycles. The molecule has 1 aliphatic heterocycles. The van der Waals surface area contributed by atoms with Crippen LogP contribution in [0.5, 0.6) is 0 Å². The Labute approximate surface area is 93.2 Å². The lowest BCUT2D eigenvalue weighted by atomic mass is 10.1. The van der Waals surface area contributed by atoms with Crippen molar-refractivity contribution in [2.45, 2.75) is 25.0 Å². The molecular weight excluding hydrogens is 210 g/mol. The summed E-state index contributed by atoms with van der Waals surface area (Å²) in [5.74, 6) is -0.805. The van der Waals surface area contributed by atoms with Crippen molar-refractivity contribution in [1.82, 2.24) is 10.4 Å². The van der Waals surface area contributed by atoms with Gasteiger partial charge >= 0.3 is 0 Å². The SMILES string of the molecule is O=C(NN1C=NC=CC1)C1CCC(O)C1O. The second-order valence-electron chi connectivity index (χ2n) is 4.02. The van der Waals surface area contributed by atoms with Crippen molar-refractivity contribution in [3.05, 3.63) is 12.3 Å². The number of amides is 1. The standard InChI is InChI=1S/C10H15N3O3/c14-8-3-2-7(9(8)15)10(16)12-13-5-1-4-11-6-13/h1,4,6-9,14-15H,2-3,5H2,(H,12,16). The molecule has 6 heteroatoms. The topological polar surface area (TPSA) is 85.2 Å². The van der Waals surface area contributed by atoms with Gasteiger partial charge in [-0.1, -0.05) is 0 Å². The minimum atomic E-state index is -0.961. The van der Waals surface area contributed by atoms with Gasteiger partial charge in [-0.15, -0.1) is 0 Å². The second kappa shape index (κ2) is 4.63. The third kappa shape index (κ3) is 2.23. The summed E-state index contributed by atoms with van der Waals surface area (Å²) >= 11 is 0. The minimum absolute atomic E-state index is 0.272. The first kappa shape index (κ1) is 11.1. The number of nitrogens with one attached hydrogen (secondary N) is 1. The molecule has 1 fully saturated rings. The van der Waals surface area contributed by atoms with Crippen LogP contribution in [0.3, 0.4) is 0 Å². The fourth-order valence-corrected chi connectivity index (χ4v) is 1.93. The van der Waals surface area contributed by atoms with E-state index in [-0.39, 0.29) is 5.91 Å². The molecule has 0 aromatic heterocycles. The van der Waals surface area contributed by atoms with E-state index in [2.05, 4.69) is 10.4 Å². The van der Waals surface area contributed by atoms with Gasteiger partial charge in [0.25, 0.3) is 0 Å². The normalized spacial score (nSPS) is 33.1. The molecule has 88 valence electrons. The number of aliphatic hydroxyl groups is 2. The van der Waals surface area contributed by atoms with Crippen LogP contribution in [-0.2, 0) is 4.79 Å². The number of aliphatic imine (C=N–C) groups is 1. The third-order valence-electron chi connectivity index (χ3n) is 2.87. The van der Waals surface area contributed by atoms with Crippen molar-refractivity contribution >= 4 is 12.2 Å². The van der Waals surface area contributed by atoms with Gasteiger partial charge < -0.3 is 10.2 Å². The number of rotatable bonds is 2. The molecule has 3 N–H and O–H groups in total. The average Bonchev–Trinajstić information content (AvgIpc) is 2.61. The van der Waals surface area contributed by atoms with Crippen molar-refractivity contribution in [3.63, 3.8) is 0 Å². The molecule has 16 heavy (non-hydrogen) atoms. The van der Waals surface area contributed by atoms with Crippen LogP contribution in [0.2, 0.25) is 0 Å². The fraction of sp³-hybridized carbons (Fsp3) is 0.600. The summed E-state index contributed by atoms with van der Waals surface area (Å²) in [5.41, 5.74) is 2.63. The van der Waals surface area contributed by atoms with Crippen LogP contribution in [0.4, 0.5) is 0 Å². The van der Waals surface area contributed by atoms with Gasteiger partial charge in [0, 0.05) is 6.20 Å². The second-order valence-corrected chi connectivity index (χ2v) is 4.02. The smallest absolute Gasteiger partial charge is 0.244 e. The molecule has 0 aromatic carbocycles. The Hall–Kier alpha value is -1.40. The molecule has 1 heterocycles. The highest BCUT2D eigenvalue weighted by Gasteiger charge is 2.38. The largest absolute Gasteiger partial charge is 0.390 e. The number of hydrazine groups is 1. The highest BCUT2D eigenvalue weighted by molar-refractivity contribution is 5.80. The lowest BCUT2D eigenvalue weighted by molar-refractivity contribution is -0.132. The Bertz CT molecular complexity index is 329. The van der Waals surface area contributed by atoms with Crippen molar-refractivity contribution in [2.75, 3.05) is 6.54 Å². The van der Waals surface area contributed by atoms with Gasteiger partial charge in [-0.3, -0.25) is 15.2 Å². The maximum absolute atomic E-state index is 11.8. The molecular formula is C10H15N3O3.